The number of ether oxygens (including phenoxy) is 2. The van der Waals surface area contributed by atoms with E-state index in [0.29, 0.717) is 48.4 Å². The maximum Gasteiger partial charge on any atom is 0.410 e. The minimum atomic E-state index is -4.27. The summed E-state index contributed by atoms with van der Waals surface area (Å²) < 4.78 is 52.7. The molecule has 202 valence electrons. The molecule has 0 aromatic heterocycles. The van der Waals surface area contributed by atoms with Crippen molar-refractivity contribution >= 4 is 6.09 Å². The van der Waals surface area contributed by atoms with Crippen LogP contribution >= 0.6 is 0 Å². The van der Waals surface area contributed by atoms with E-state index in [1.54, 1.807) is 24.1 Å². The number of hydrogen-bond donors (Lipinski definition) is 1. The first-order chi connectivity index (χ1) is 17.5. The fourth-order valence-corrected chi connectivity index (χ4v) is 5.59. The summed E-state index contributed by atoms with van der Waals surface area (Å²) in [6.45, 7) is 6.44. The molecule has 2 aliphatic rings. The lowest BCUT2D eigenvalue weighted by molar-refractivity contribution is -0.153. The Hall–Kier alpha value is -2.74. The summed E-state index contributed by atoms with van der Waals surface area (Å²) in [4.78, 5) is 14.9. The van der Waals surface area contributed by atoms with E-state index in [4.69, 9.17) is 9.47 Å². The van der Waals surface area contributed by atoms with Crippen molar-refractivity contribution < 1.29 is 27.4 Å². The number of nitrogens with one attached hydrogen (secondary N) is 1. The number of alkyl halides is 3. The van der Waals surface area contributed by atoms with Crippen LogP contribution in [-0.2, 0) is 17.7 Å². The second kappa shape index (κ2) is 10.9. The van der Waals surface area contributed by atoms with Gasteiger partial charge < -0.3 is 14.8 Å². The molecule has 2 aromatic rings. The Morgan fingerprint density at radius 1 is 1.08 bits per heavy atom. The van der Waals surface area contributed by atoms with Gasteiger partial charge in [-0.05, 0) is 81.7 Å². The van der Waals surface area contributed by atoms with E-state index < -0.39 is 17.7 Å². The summed E-state index contributed by atoms with van der Waals surface area (Å²) in [5, 5.41) is 3.56. The van der Waals surface area contributed by atoms with Crippen molar-refractivity contribution in [3.8, 4) is 5.75 Å². The molecule has 5 nitrogen and oxygen atoms in total. The molecule has 8 heteroatoms. The number of carbonyl (C=O) groups is 1. The first kappa shape index (κ1) is 27.3. The third kappa shape index (κ3) is 6.40. The molecule has 3 atom stereocenters. The van der Waals surface area contributed by atoms with Gasteiger partial charge in [-0.25, -0.2) is 4.79 Å². The van der Waals surface area contributed by atoms with Gasteiger partial charge in [0.1, 0.15) is 11.4 Å². The van der Waals surface area contributed by atoms with Gasteiger partial charge in [-0.1, -0.05) is 30.3 Å². The first-order valence-electron chi connectivity index (χ1n) is 13.0. The average Bonchev–Trinajstić information content (AvgIpc) is 2.85. The van der Waals surface area contributed by atoms with Gasteiger partial charge in [-0.3, -0.25) is 4.90 Å². The lowest BCUT2D eigenvalue weighted by atomic mass is 9.81. The number of nitrogens with zero attached hydrogens (tertiary/aromatic N) is 1. The Balaban J connectivity index is 1.61. The smallest absolute Gasteiger partial charge is 0.410 e. The Morgan fingerprint density at radius 3 is 2.46 bits per heavy atom. The number of fused-ring (bicyclic) bond motifs is 1. The number of methoxy groups -OCH3 is 1. The number of carbonyl (C=O) groups excluding carboxylic acids is 1. The van der Waals surface area contributed by atoms with E-state index >= 15 is 0 Å². The molecule has 1 unspecified atom stereocenters. The highest BCUT2D eigenvalue weighted by Crippen LogP contribution is 2.45. The number of benzene rings is 2. The second-order valence-electron chi connectivity index (χ2n) is 11.0. The fraction of sp³-hybridized carbons (Fsp3) is 0.552. The highest BCUT2D eigenvalue weighted by molar-refractivity contribution is 5.69. The van der Waals surface area contributed by atoms with Gasteiger partial charge >= 0.3 is 12.3 Å². The van der Waals surface area contributed by atoms with Crippen LogP contribution in [0.15, 0.2) is 42.5 Å². The van der Waals surface area contributed by atoms with E-state index in [1.807, 2.05) is 51.1 Å². The van der Waals surface area contributed by atoms with Crippen molar-refractivity contribution in [2.45, 2.75) is 89.2 Å². The zero-order valence-electron chi connectivity index (χ0n) is 22.0. The van der Waals surface area contributed by atoms with Gasteiger partial charge in [0.05, 0.1) is 19.1 Å². The van der Waals surface area contributed by atoms with E-state index in [0.717, 1.165) is 18.4 Å². The van der Waals surface area contributed by atoms with Crippen molar-refractivity contribution in [3.05, 3.63) is 64.7 Å². The quantitative estimate of drug-likeness (QED) is 0.467. The predicted molar refractivity (Wildman–Crippen MR) is 137 cm³/mol. The summed E-state index contributed by atoms with van der Waals surface area (Å²) >= 11 is 0. The topological polar surface area (TPSA) is 50.8 Å². The number of halogens is 3. The van der Waals surface area contributed by atoms with Crippen LogP contribution in [0.2, 0.25) is 0 Å². The molecular weight excluding hydrogens is 481 g/mol. The Labute approximate surface area is 217 Å². The Morgan fingerprint density at radius 2 is 1.81 bits per heavy atom. The number of hydrogen-bond acceptors (Lipinski definition) is 4. The van der Waals surface area contributed by atoms with E-state index in [1.165, 1.54) is 0 Å². The van der Waals surface area contributed by atoms with Gasteiger partial charge in [0.2, 0.25) is 0 Å². The van der Waals surface area contributed by atoms with Crippen molar-refractivity contribution in [2.75, 3.05) is 13.7 Å². The molecule has 1 saturated heterocycles. The van der Waals surface area contributed by atoms with Gasteiger partial charge in [0.25, 0.3) is 0 Å². The van der Waals surface area contributed by atoms with Crippen molar-refractivity contribution in [3.63, 3.8) is 0 Å². The van der Waals surface area contributed by atoms with Crippen LogP contribution in [0.25, 0.3) is 0 Å². The number of rotatable bonds is 5. The van der Waals surface area contributed by atoms with Crippen LogP contribution in [-0.4, -0.2) is 42.5 Å². The summed E-state index contributed by atoms with van der Waals surface area (Å²) in [5.41, 5.74) is 2.13. The molecule has 1 N–H and O–H groups in total. The molecule has 4 rings (SSSR count). The molecule has 2 aromatic carbocycles. The predicted octanol–water partition coefficient (Wildman–Crippen LogP) is 6.91. The van der Waals surface area contributed by atoms with Crippen LogP contribution in [0.5, 0.6) is 5.75 Å². The van der Waals surface area contributed by atoms with Gasteiger partial charge in [0, 0.05) is 24.7 Å². The maximum atomic E-state index is 13.8. The lowest BCUT2D eigenvalue weighted by Crippen LogP contribution is -2.51. The van der Waals surface area contributed by atoms with Crippen molar-refractivity contribution in [2.24, 2.45) is 0 Å². The van der Waals surface area contributed by atoms with Gasteiger partial charge in [-0.2, -0.15) is 13.2 Å². The standard InChI is InChI=1S/C29H37F3N2O3/c1-28(2,3)37-27(35)34-15-9-14-24(26(34)19-10-6-5-7-11-19)33-18-21-16-22-20(17-25(21)36-4)12-8-13-23(22)29(30,31)32/h5-7,10-11,16-17,23-24,26,33H,8-9,12-15,18H2,1-4H3/t23?,24-,26-/m0/s1. The number of piperidine rings is 1. The van der Waals surface area contributed by atoms with Crippen LogP contribution < -0.4 is 10.1 Å². The SMILES string of the molecule is COc1cc2c(cc1CN[C@H]1CCCN(C(=O)OC(C)(C)C)[C@H]1c1ccccc1)C(C(F)(F)F)CCC2. The Kier molecular flexibility index (Phi) is 8.07. The zero-order chi connectivity index (χ0) is 26.8. The van der Waals surface area contributed by atoms with E-state index in [9.17, 15) is 18.0 Å². The third-order valence-corrected chi connectivity index (χ3v) is 7.21. The number of likely N-dealkylation sites (tertiary alicyclic amines) is 1. The molecule has 0 bridgehead atoms. The highest BCUT2D eigenvalue weighted by Gasteiger charge is 2.43. The van der Waals surface area contributed by atoms with Crippen LogP contribution in [0.3, 0.4) is 0 Å². The monoisotopic (exact) mass is 518 g/mol. The first-order valence-corrected chi connectivity index (χ1v) is 13.0. The molecule has 0 spiro atoms. The average molecular weight is 519 g/mol. The fourth-order valence-electron chi connectivity index (χ4n) is 5.59. The Bertz CT molecular complexity index is 1080. The highest BCUT2D eigenvalue weighted by atomic mass is 19.4. The molecule has 1 amide bonds. The van der Waals surface area contributed by atoms with E-state index in [2.05, 4.69) is 5.32 Å². The van der Waals surface area contributed by atoms with Crippen LogP contribution in [0, 0.1) is 0 Å². The van der Waals surface area contributed by atoms with Crippen LogP contribution in [0.1, 0.15) is 80.7 Å². The normalized spacial score (nSPS) is 22.4. The molecule has 0 saturated carbocycles. The molecule has 37 heavy (non-hydrogen) atoms. The molecular formula is C29H37F3N2O3. The van der Waals surface area contributed by atoms with Crippen LogP contribution in [0.4, 0.5) is 18.0 Å². The van der Waals surface area contributed by atoms with E-state index in [-0.39, 0.29) is 24.6 Å². The summed E-state index contributed by atoms with van der Waals surface area (Å²) in [6, 6.07) is 12.9. The van der Waals surface area contributed by atoms with Gasteiger partial charge in [-0.15, -0.1) is 0 Å². The summed E-state index contributed by atoms with van der Waals surface area (Å²) in [6.07, 6.45) is -1.79. The maximum absolute atomic E-state index is 13.8. The minimum Gasteiger partial charge on any atom is -0.496 e. The molecule has 1 heterocycles. The summed E-state index contributed by atoms with van der Waals surface area (Å²) in [7, 11) is 1.55. The zero-order valence-corrected chi connectivity index (χ0v) is 22.0. The molecule has 1 fully saturated rings. The molecule has 1 aliphatic carbocycles. The van der Waals surface area contributed by atoms with Crippen molar-refractivity contribution in [1.82, 2.24) is 10.2 Å². The lowest BCUT2D eigenvalue weighted by Gasteiger charge is -2.42. The second-order valence-corrected chi connectivity index (χ2v) is 11.0. The largest absolute Gasteiger partial charge is 0.496 e. The minimum absolute atomic E-state index is 0.109. The summed E-state index contributed by atoms with van der Waals surface area (Å²) in [5.74, 6) is -0.861. The van der Waals surface area contributed by atoms with Crippen molar-refractivity contribution in [1.29, 1.82) is 0 Å². The third-order valence-electron chi connectivity index (χ3n) is 7.21. The molecule has 1 aliphatic heterocycles. The number of aryl methyl sites for hydroxylation is 1. The number of amides is 1. The molecule has 0 radical (unpaired) electrons. The van der Waals surface area contributed by atoms with Gasteiger partial charge in [0.15, 0.2) is 0 Å².